The minimum atomic E-state index is -0.548. The summed E-state index contributed by atoms with van der Waals surface area (Å²) < 4.78 is 10.5. The number of carbonyl (C=O) groups is 2. The van der Waals surface area contributed by atoms with Crippen LogP contribution in [0.25, 0.3) is 0 Å². The van der Waals surface area contributed by atoms with Crippen LogP contribution in [-0.2, 0) is 4.79 Å². The Balaban J connectivity index is 1.95. The smallest absolute Gasteiger partial charge is 0.255 e. The van der Waals surface area contributed by atoms with Crippen molar-refractivity contribution < 1.29 is 24.2 Å². The predicted molar refractivity (Wildman–Crippen MR) is 112 cm³/mol. The second kappa shape index (κ2) is 10.7. The summed E-state index contributed by atoms with van der Waals surface area (Å²) in [5.74, 6) is 0.174. The van der Waals surface area contributed by atoms with E-state index in [1.165, 1.54) is 20.3 Å². The normalized spacial score (nSPS) is 19.6. The van der Waals surface area contributed by atoms with Crippen molar-refractivity contribution in [1.29, 1.82) is 0 Å². The molecule has 2 atom stereocenters. The lowest BCUT2D eigenvalue weighted by Crippen LogP contribution is -2.47. The van der Waals surface area contributed by atoms with Gasteiger partial charge in [0.25, 0.3) is 5.91 Å². The van der Waals surface area contributed by atoms with Crippen molar-refractivity contribution in [3.8, 4) is 11.5 Å². The zero-order chi connectivity index (χ0) is 21.6. The molecule has 8 nitrogen and oxygen atoms in total. The molecule has 0 radical (unpaired) electrons. The number of rotatable bonds is 9. The number of β-amino-alcohol motifs (C(OH)–C–C–N with tert-alkyl or cyclic N) is 1. The lowest BCUT2D eigenvalue weighted by atomic mass is 9.93. The van der Waals surface area contributed by atoms with Gasteiger partial charge in [-0.2, -0.15) is 0 Å². The molecule has 0 spiro atoms. The fraction of sp³-hybridized carbons (Fsp3) is 0.600. The number of aliphatic hydroxyl groups is 1. The number of ketones is 1. The number of hydrogen-bond acceptors (Lipinski definition) is 7. The molecule has 1 aliphatic rings. The van der Waals surface area contributed by atoms with Gasteiger partial charge in [-0.1, -0.05) is 11.6 Å². The van der Waals surface area contributed by atoms with Gasteiger partial charge >= 0.3 is 0 Å². The van der Waals surface area contributed by atoms with E-state index in [1.807, 2.05) is 0 Å². The fourth-order valence-corrected chi connectivity index (χ4v) is 3.75. The minimum Gasteiger partial charge on any atom is -0.492 e. The summed E-state index contributed by atoms with van der Waals surface area (Å²) in [6.45, 7) is 4.05. The average Bonchev–Trinajstić information content (AvgIpc) is 2.68. The predicted octanol–water partition coefficient (Wildman–Crippen LogP) is 1.72. The molecule has 0 aliphatic carbocycles. The molecule has 0 unspecified atom stereocenters. The van der Waals surface area contributed by atoms with Gasteiger partial charge in [-0.15, -0.1) is 0 Å². The number of methoxy groups -OCH3 is 2. The molecule has 162 valence electrons. The molecule has 1 fully saturated rings. The number of carbonyl (C=O) groups excluding carboxylic acids is 2. The number of hydrogen-bond donors (Lipinski definition) is 3. The van der Waals surface area contributed by atoms with Crippen molar-refractivity contribution in [2.24, 2.45) is 5.92 Å². The lowest BCUT2D eigenvalue weighted by molar-refractivity contribution is -0.117. The number of nitrogens with one attached hydrogen (secondary N) is 1. The fourth-order valence-electron chi connectivity index (χ4n) is 3.55. The zero-order valence-electron chi connectivity index (χ0n) is 17.2. The molecule has 1 aromatic carbocycles. The molecule has 0 bridgehead atoms. The molecule has 0 saturated carbocycles. The van der Waals surface area contributed by atoms with Crippen LogP contribution >= 0.6 is 11.6 Å². The van der Waals surface area contributed by atoms with Gasteiger partial charge in [0.15, 0.2) is 11.5 Å². The van der Waals surface area contributed by atoms with Gasteiger partial charge in [-0.25, -0.2) is 0 Å². The van der Waals surface area contributed by atoms with Crippen molar-refractivity contribution in [2.75, 3.05) is 46.1 Å². The molecule has 9 heteroatoms. The molecule has 1 amide bonds. The first kappa shape index (κ1) is 23.3. The molecule has 1 saturated heterocycles. The summed E-state index contributed by atoms with van der Waals surface area (Å²) in [6, 6.07) is 1.45. The Labute approximate surface area is 176 Å². The lowest BCUT2D eigenvalue weighted by Gasteiger charge is -2.36. The molecule has 1 heterocycles. The van der Waals surface area contributed by atoms with Crippen molar-refractivity contribution in [2.45, 2.75) is 32.3 Å². The highest BCUT2D eigenvalue weighted by atomic mass is 35.5. The molecular weight excluding hydrogens is 398 g/mol. The maximum atomic E-state index is 12.7. The van der Waals surface area contributed by atoms with Gasteiger partial charge < -0.3 is 35.3 Å². The van der Waals surface area contributed by atoms with E-state index in [0.717, 1.165) is 25.9 Å². The Kier molecular flexibility index (Phi) is 8.55. The number of halogens is 1. The Morgan fingerprint density at radius 2 is 2.03 bits per heavy atom. The van der Waals surface area contributed by atoms with E-state index in [9.17, 15) is 14.7 Å². The number of anilines is 1. The third kappa shape index (κ3) is 5.98. The second-order valence-corrected chi connectivity index (χ2v) is 7.73. The third-order valence-corrected chi connectivity index (χ3v) is 5.52. The largest absolute Gasteiger partial charge is 0.492 e. The van der Waals surface area contributed by atoms with E-state index in [0.29, 0.717) is 19.5 Å². The number of piperidine rings is 1. The SMILES string of the molecule is COc1c(C(=O)NC[C@H]2CCN(CCCC(C)=O)C[C@@H]2O)cc(Cl)c(N)c1OC. The topological polar surface area (TPSA) is 114 Å². The first-order valence-corrected chi connectivity index (χ1v) is 10.0. The minimum absolute atomic E-state index is 0.0554. The van der Waals surface area contributed by atoms with Crippen LogP contribution in [0.2, 0.25) is 5.02 Å². The van der Waals surface area contributed by atoms with Gasteiger partial charge in [0.2, 0.25) is 0 Å². The second-order valence-electron chi connectivity index (χ2n) is 7.32. The van der Waals surface area contributed by atoms with E-state index in [-0.39, 0.29) is 45.4 Å². The molecule has 1 aromatic rings. The van der Waals surface area contributed by atoms with Crippen LogP contribution in [0.5, 0.6) is 11.5 Å². The van der Waals surface area contributed by atoms with Crippen molar-refractivity contribution in [3.63, 3.8) is 0 Å². The van der Waals surface area contributed by atoms with Crippen LogP contribution < -0.4 is 20.5 Å². The molecule has 1 aliphatic heterocycles. The van der Waals surface area contributed by atoms with E-state index in [4.69, 9.17) is 26.8 Å². The van der Waals surface area contributed by atoms with Crippen LogP contribution in [0.1, 0.15) is 36.5 Å². The monoisotopic (exact) mass is 427 g/mol. The maximum Gasteiger partial charge on any atom is 0.255 e. The maximum absolute atomic E-state index is 12.7. The molecular formula is C20H30ClN3O5. The third-order valence-electron chi connectivity index (χ3n) is 5.21. The number of amides is 1. The number of nitrogen functional groups attached to an aromatic ring is 1. The highest BCUT2D eigenvalue weighted by Crippen LogP contribution is 2.41. The van der Waals surface area contributed by atoms with Gasteiger partial charge in [0.05, 0.1) is 36.6 Å². The first-order valence-electron chi connectivity index (χ1n) is 9.66. The van der Waals surface area contributed by atoms with E-state index in [2.05, 4.69) is 10.2 Å². The number of benzene rings is 1. The van der Waals surface area contributed by atoms with Crippen LogP contribution in [0, 0.1) is 5.92 Å². The Morgan fingerprint density at radius 1 is 1.34 bits per heavy atom. The number of aliphatic hydroxyl groups excluding tert-OH is 1. The molecule has 4 N–H and O–H groups in total. The van der Waals surface area contributed by atoms with Crippen LogP contribution in [0.4, 0.5) is 5.69 Å². The molecule has 29 heavy (non-hydrogen) atoms. The number of likely N-dealkylation sites (tertiary alicyclic amines) is 1. The summed E-state index contributed by atoms with van der Waals surface area (Å²) in [6.07, 6.45) is 1.56. The summed E-state index contributed by atoms with van der Waals surface area (Å²) >= 11 is 6.11. The van der Waals surface area contributed by atoms with Gasteiger partial charge in [-0.3, -0.25) is 4.79 Å². The van der Waals surface area contributed by atoms with E-state index in [1.54, 1.807) is 6.92 Å². The Hall–Kier alpha value is -2.03. The summed E-state index contributed by atoms with van der Waals surface area (Å²) in [5.41, 5.74) is 6.31. The average molecular weight is 428 g/mol. The highest BCUT2D eigenvalue weighted by molar-refractivity contribution is 6.34. The summed E-state index contributed by atoms with van der Waals surface area (Å²) in [7, 11) is 2.85. The van der Waals surface area contributed by atoms with E-state index < -0.39 is 6.10 Å². The van der Waals surface area contributed by atoms with Crippen molar-refractivity contribution >= 4 is 29.0 Å². The molecule has 0 aromatic heterocycles. The number of nitrogens with two attached hydrogens (primary N) is 1. The highest BCUT2D eigenvalue weighted by Gasteiger charge is 2.29. The number of ether oxygens (including phenoxy) is 2. The summed E-state index contributed by atoms with van der Waals surface area (Å²) in [5, 5.41) is 13.5. The van der Waals surface area contributed by atoms with E-state index >= 15 is 0 Å². The number of nitrogens with zero attached hydrogens (tertiary/aromatic N) is 1. The first-order chi connectivity index (χ1) is 13.8. The van der Waals surface area contributed by atoms with Crippen molar-refractivity contribution in [3.05, 3.63) is 16.7 Å². The summed E-state index contributed by atoms with van der Waals surface area (Å²) in [4.78, 5) is 25.9. The van der Waals surface area contributed by atoms with Gasteiger partial charge in [0, 0.05) is 25.4 Å². The standard InChI is InChI=1S/C20H30ClN3O5/c1-12(25)5-4-7-24-8-6-13(16(26)11-24)10-23-20(27)14-9-15(21)17(22)19(29-3)18(14)28-2/h9,13,16,26H,4-8,10-11,22H2,1-3H3,(H,23,27)/t13-,16+/m1/s1. The van der Waals surface area contributed by atoms with Crippen LogP contribution in [0.15, 0.2) is 6.07 Å². The zero-order valence-corrected chi connectivity index (χ0v) is 17.9. The van der Waals surface area contributed by atoms with Crippen LogP contribution in [0.3, 0.4) is 0 Å². The van der Waals surface area contributed by atoms with Crippen LogP contribution in [-0.4, -0.2) is 68.2 Å². The van der Waals surface area contributed by atoms with Gasteiger partial charge in [0.1, 0.15) is 5.78 Å². The Bertz CT molecular complexity index is 743. The quantitative estimate of drug-likeness (QED) is 0.514. The van der Waals surface area contributed by atoms with Crippen molar-refractivity contribution in [1.82, 2.24) is 10.2 Å². The molecule has 2 rings (SSSR count). The number of Topliss-reactive ketones (excluding diaryl/α,β-unsaturated/α-hetero) is 1. The Morgan fingerprint density at radius 3 is 2.62 bits per heavy atom. The van der Waals surface area contributed by atoms with Gasteiger partial charge in [-0.05, 0) is 38.9 Å².